The van der Waals surface area contributed by atoms with Gasteiger partial charge in [-0.2, -0.15) is 0 Å². The van der Waals surface area contributed by atoms with E-state index in [1.54, 1.807) is 18.2 Å². The average Bonchev–Trinajstić information content (AvgIpc) is 1.90. The van der Waals surface area contributed by atoms with E-state index in [1.165, 1.54) is 12.1 Å². The van der Waals surface area contributed by atoms with E-state index in [9.17, 15) is 8.63 Å². The molecule has 0 saturated carbocycles. The second-order valence-electron chi connectivity index (χ2n) is 1.71. The summed E-state index contributed by atoms with van der Waals surface area (Å²) >= 11 is 0. The highest BCUT2D eigenvalue weighted by Crippen LogP contribution is 1.89. The first kappa shape index (κ1) is 6.27. The van der Waals surface area contributed by atoms with Gasteiger partial charge in [0.15, 0.2) is 0 Å². The fraction of sp³-hybridized carbons (Fsp3) is 0. The number of hydrogen-bond acceptors (Lipinski definition) is 0. The maximum Gasteiger partial charge on any atom is 0.571 e. The second-order valence-corrected chi connectivity index (χ2v) is 1.71. The van der Waals surface area contributed by atoms with Crippen LogP contribution < -0.4 is 5.46 Å². The number of hydrogen-bond donors (Lipinski definition) is 0. The highest BCUT2D eigenvalue weighted by Gasteiger charge is 2.13. The highest BCUT2D eigenvalue weighted by atomic mass is 19.2. The van der Waals surface area contributed by atoms with E-state index in [0.29, 0.717) is 0 Å². The van der Waals surface area contributed by atoms with Gasteiger partial charge >= 0.3 is 7.27 Å². The molecule has 1 aromatic carbocycles. The van der Waals surface area contributed by atoms with E-state index in [4.69, 9.17) is 0 Å². The molecule has 0 unspecified atom stereocenters. The predicted octanol–water partition coefficient (Wildman–Crippen LogP) is 1.32. The minimum atomic E-state index is -2.34. The summed E-state index contributed by atoms with van der Waals surface area (Å²) in [4.78, 5) is 0. The van der Waals surface area contributed by atoms with Gasteiger partial charge in [-0.15, -0.1) is 0 Å². The molecule has 0 spiro atoms. The van der Waals surface area contributed by atoms with E-state index in [2.05, 4.69) is 0 Å². The van der Waals surface area contributed by atoms with Crippen molar-refractivity contribution in [3.05, 3.63) is 30.3 Å². The fourth-order valence-corrected chi connectivity index (χ4v) is 0.599. The largest absolute Gasteiger partial charge is 0.571 e. The molecule has 0 aliphatic rings. The Hall–Kier alpha value is -0.855. The molecule has 0 aliphatic heterocycles. The van der Waals surface area contributed by atoms with Gasteiger partial charge in [0.2, 0.25) is 0 Å². The molecule has 0 fully saturated rings. The van der Waals surface area contributed by atoms with Crippen LogP contribution >= 0.6 is 0 Å². The monoisotopic (exact) mass is 126 g/mol. The summed E-state index contributed by atoms with van der Waals surface area (Å²) in [7, 11) is -2.34. The molecular formula is C6H5BF2. The first-order valence-electron chi connectivity index (χ1n) is 2.64. The van der Waals surface area contributed by atoms with Crippen molar-refractivity contribution in [1.29, 1.82) is 0 Å². The number of halogens is 2. The van der Waals surface area contributed by atoms with Crippen LogP contribution in [0.1, 0.15) is 0 Å². The van der Waals surface area contributed by atoms with Crippen molar-refractivity contribution in [2.24, 2.45) is 0 Å². The van der Waals surface area contributed by atoms with Gasteiger partial charge < -0.3 is 0 Å². The quantitative estimate of drug-likeness (QED) is 0.497. The molecule has 46 valence electrons. The van der Waals surface area contributed by atoms with E-state index >= 15 is 0 Å². The smallest absolute Gasteiger partial charge is 0.281 e. The molecule has 3 heteroatoms. The van der Waals surface area contributed by atoms with Crippen LogP contribution in [0.5, 0.6) is 0 Å². The van der Waals surface area contributed by atoms with Gasteiger partial charge in [0, 0.05) is 0 Å². The van der Waals surface area contributed by atoms with Crippen LogP contribution in [-0.2, 0) is 0 Å². The van der Waals surface area contributed by atoms with Crippen molar-refractivity contribution in [1.82, 2.24) is 0 Å². The van der Waals surface area contributed by atoms with Gasteiger partial charge in [-0.05, 0) is 5.46 Å². The Morgan fingerprint density at radius 3 is 1.89 bits per heavy atom. The van der Waals surface area contributed by atoms with E-state index in [1.807, 2.05) is 0 Å². The Morgan fingerprint density at radius 1 is 1.00 bits per heavy atom. The topological polar surface area (TPSA) is 0 Å². The minimum Gasteiger partial charge on any atom is -0.281 e. The Labute approximate surface area is 52.7 Å². The first-order valence-corrected chi connectivity index (χ1v) is 2.64. The molecule has 9 heavy (non-hydrogen) atoms. The van der Waals surface area contributed by atoms with Crippen LogP contribution in [-0.4, -0.2) is 7.27 Å². The first-order chi connectivity index (χ1) is 4.30. The van der Waals surface area contributed by atoms with Gasteiger partial charge in [-0.3, -0.25) is 8.63 Å². The van der Waals surface area contributed by atoms with Crippen molar-refractivity contribution >= 4 is 12.7 Å². The molecule has 0 radical (unpaired) electrons. The van der Waals surface area contributed by atoms with Crippen LogP contribution in [0.3, 0.4) is 0 Å². The lowest BCUT2D eigenvalue weighted by atomic mass is 9.86. The summed E-state index contributed by atoms with van der Waals surface area (Å²) in [5.74, 6) is 0. The third-order valence-electron chi connectivity index (χ3n) is 1.05. The molecular weight excluding hydrogens is 121 g/mol. The van der Waals surface area contributed by atoms with Crippen LogP contribution in [0.2, 0.25) is 0 Å². The zero-order valence-electron chi connectivity index (χ0n) is 4.72. The third-order valence-corrected chi connectivity index (χ3v) is 1.05. The van der Waals surface area contributed by atoms with Gasteiger partial charge in [-0.25, -0.2) is 0 Å². The maximum atomic E-state index is 11.8. The SMILES string of the molecule is FB(F)c1ccccc1. The lowest BCUT2D eigenvalue weighted by Gasteiger charge is -1.90. The zero-order valence-corrected chi connectivity index (χ0v) is 4.72. The molecule has 0 amide bonds. The number of benzene rings is 1. The summed E-state index contributed by atoms with van der Waals surface area (Å²) in [5.41, 5.74) is 0.0810. The standard InChI is InChI=1S/C6H5BF2/c8-7(9)6-4-2-1-3-5-6/h1-5H. The maximum absolute atomic E-state index is 11.8. The molecule has 0 bridgehead atoms. The van der Waals surface area contributed by atoms with Gasteiger partial charge in [-0.1, -0.05) is 30.3 Å². The van der Waals surface area contributed by atoms with Crippen molar-refractivity contribution in [2.45, 2.75) is 0 Å². The predicted molar refractivity (Wildman–Crippen MR) is 34.0 cm³/mol. The van der Waals surface area contributed by atoms with Crippen molar-refractivity contribution < 1.29 is 8.63 Å². The molecule has 0 saturated heterocycles. The summed E-state index contributed by atoms with van der Waals surface area (Å²) in [6, 6.07) is 7.73. The van der Waals surface area contributed by atoms with E-state index in [0.717, 1.165) is 0 Å². The Kier molecular flexibility index (Phi) is 1.83. The fourth-order valence-electron chi connectivity index (χ4n) is 0.599. The molecule has 0 nitrogen and oxygen atoms in total. The summed E-state index contributed by atoms with van der Waals surface area (Å²) in [6.07, 6.45) is 0. The van der Waals surface area contributed by atoms with Crippen LogP contribution in [0.4, 0.5) is 8.63 Å². The Bertz CT molecular complexity index is 174. The molecule has 0 heterocycles. The molecule has 0 aromatic heterocycles. The van der Waals surface area contributed by atoms with Crippen molar-refractivity contribution in [3.63, 3.8) is 0 Å². The molecule has 0 N–H and O–H groups in total. The van der Waals surface area contributed by atoms with E-state index < -0.39 is 7.27 Å². The molecule has 0 aliphatic carbocycles. The van der Waals surface area contributed by atoms with Crippen LogP contribution in [0.15, 0.2) is 30.3 Å². The lowest BCUT2D eigenvalue weighted by molar-refractivity contribution is 0.685. The summed E-state index contributed by atoms with van der Waals surface area (Å²) in [5, 5.41) is 0. The normalized spacial score (nSPS) is 9.11. The van der Waals surface area contributed by atoms with Crippen LogP contribution in [0.25, 0.3) is 0 Å². The average molecular weight is 126 g/mol. The van der Waals surface area contributed by atoms with Crippen molar-refractivity contribution in [3.8, 4) is 0 Å². The third kappa shape index (κ3) is 1.52. The summed E-state index contributed by atoms with van der Waals surface area (Å²) in [6.45, 7) is 0. The Balaban J connectivity index is 2.85. The lowest BCUT2D eigenvalue weighted by Crippen LogP contribution is -2.18. The number of rotatable bonds is 1. The Morgan fingerprint density at radius 2 is 1.56 bits per heavy atom. The molecule has 1 aromatic rings. The second kappa shape index (κ2) is 2.62. The highest BCUT2D eigenvalue weighted by molar-refractivity contribution is 6.59. The van der Waals surface area contributed by atoms with Gasteiger partial charge in [0.05, 0.1) is 0 Å². The van der Waals surface area contributed by atoms with Crippen molar-refractivity contribution in [2.75, 3.05) is 0 Å². The van der Waals surface area contributed by atoms with Crippen LogP contribution in [0, 0.1) is 0 Å². The minimum absolute atomic E-state index is 0.0810. The molecule has 1 rings (SSSR count). The van der Waals surface area contributed by atoms with Gasteiger partial charge in [0.1, 0.15) is 0 Å². The molecule has 0 atom stereocenters. The zero-order chi connectivity index (χ0) is 6.69. The summed E-state index contributed by atoms with van der Waals surface area (Å²) < 4.78 is 23.5. The van der Waals surface area contributed by atoms with Gasteiger partial charge in [0.25, 0.3) is 0 Å². The van der Waals surface area contributed by atoms with E-state index in [-0.39, 0.29) is 5.46 Å².